The van der Waals surface area contributed by atoms with E-state index in [1.54, 1.807) is 0 Å². The van der Waals surface area contributed by atoms with Crippen molar-refractivity contribution in [2.75, 3.05) is 0 Å². The molecule has 1 radical (unpaired) electrons. The molecule has 2 rings (SSSR count). The molecule has 0 N–H and O–H groups in total. The van der Waals surface area contributed by atoms with Crippen LogP contribution in [0.1, 0.15) is 25.0 Å². The van der Waals surface area contributed by atoms with Gasteiger partial charge in [-0.3, -0.25) is 0 Å². The van der Waals surface area contributed by atoms with Gasteiger partial charge in [-0.2, -0.15) is 30.3 Å². The molecule has 2 aromatic rings. The van der Waals surface area contributed by atoms with E-state index in [0.717, 1.165) is 0 Å². The summed E-state index contributed by atoms with van der Waals surface area (Å²) in [5.74, 6) is 0. The Bertz CT molecular complexity index is 382. The number of benzene rings is 2. The Hall–Kier alpha value is -0.647. The van der Waals surface area contributed by atoms with Gasteiger partial charge in [-0.1, -0.05) is 44.2 Å². The maximum atomic E-state index is 3.06. The van der Waals surface area contributed by atoms with Crippen LogP contribution in [0.5, 0.6) is 0 Å². The standard InChI is InChI=1S/C15H15.ClH.Ru/c1-15(2,13-9-5-3-6-10-13)14-11-7-4-8-12-14;;/h3,5-12H,1-2H3;1H;/q-1;;+1. The van der Waals surface area contributed by atoms with E-state index in [4.69, 9.17) is 0 Å². The minimum Gasteiger partial charge on any atom is -0.184 e. The Kier molecular flexibility index (Phi) is 6.67. The van der Waals surface area contributed by atoms with E-state index in [2.05, 4.69) is 62.4 Å². The van der Waals surface area contributed by atoms with Crippen LogP contribution in [0.4, 0.5) is 0 Å². The Balaban J connectivity index is 0.00000128. The van der Waals surface area contributed by atoms with E-state index >= 15 is 0 Å². The molecule has 0 aromatic heterocycles. The molecule has 0 atom stereocenters. The van der Waals surface area contributed by atoms with Crippen molar-refractivity contribution in [3.63, 3.8) is 0 Å². The van der Waals surface area contributed by atoms with Crippen LogP contribution in [0.3, 0.4) is 0 Å². The summed E-state index contributed by atoms with van der Waals surface area (Å²) < 4.78 is 0. The molecule has 0 amide bonds. The molecule has 0 nitrogen and oxygen atoms in total. The van der Waals surface area contributed by atoms with E-state index in [9.17, 15) is 0 Å². The largest absolute Gasteiger partial charge is 1.00 e. The third-order valence-electron chi connectivity index (χ3n) is 2.94. The quantitative estimate of drug-likeness (QED) is 0.570. The van der Waals surface area contributed by atoms with Gasteiger partial charge in [-0.25, -0.2) is 0 Å². The van der Waals surface area contributed by atoms with Crippen LogP contribution < -0.4 is 0 Å². The van der Waals surface area contributed by atoms with Crippen LogP contribution in [-0.4, -0.2) is 0 Å². The van der Waals surface area contributed by atoms with E-state index < -0.39 is 0 Å². The summed E-state index contributed by atoms with van der Waals surface area (Å²) in [6.45, 7) is 4.50. The zero-order chi connectivity index (χ0) is 10.7. The number of rotatable bonds is 2. The second kappa shape index (κ2) is 6.94. The molecule has 91 valence electrons. The molecule has 0 saturated carbocycles. The van der Waals surface area contributed by atoms with Crippen molar-refractivity contribution in [3.05, 3.63) is 71.8 Å². The van der Waals surface area contributed by atoms with Crippen molar-refractivity contribution in [1.29, 1.82) is 0 Å². The second-order valence-electron chi connectivity index (χ2n) is 4.28. The van der Waals surface area contributed by atoms with Crippen molar-refractivity contribution in [2.24, 2.45) is 0 Å². The molecule has 0 aliphatic rings. The third kappa shape index (κ3) is 3.66. The van der Waals surface area contributed by atoms with Gasteiger partial charge in [-0.05, 0) is 11.0 Å². The van der Waals surface area contributed by atoms with Crippen LogP contribution in [0, 0.1) is 6.07 Å². The van der Waals surface area contributed by atoms with Gasteiger partial charge in [0, 0.05) is 0 Å². The predicted octanol–water partition coefficient (Wildman–Crippen LogP) is 4.23. The summed E-state index contributed by atoms with van der Waals surface area (Å²) in [5, 5.41) is 0. The minimum absolute atomic E-state index is 0. The monoisotopic (exact) mass is 333 g/mol. The van der Waals surface area contributed by atoms with Gasteiger partial charge in [0.05, 0.1) is 0 Å². The van der Waals surface area contributed by atoms with Crippen LogP contribution in [0.15, 0.2) is 54.6 Å². The number of hydrogen-bond acceptors (Lipinski definition) is 0. The fraction of sp³-hybridized carbons (Fsp3) is 0.200. The Labute approximate surface area is 123 Å². The molecule has 0 spiro atoms. The van der Waals surface area contributed by atoms with Gasteiger partial charge < -0.3 is 0 Å². The summed E-state index contributed by atoms with van der Waals surface area (Å²) in [6.07, 6.45) is 0. The van der Waals surface area contributed by atoms with Gasteiger partial charge in [0.1, 0.15) is 0 Å². The SMILES string of the molecule is CC(C)(c1cc[c-]cc1)c1ccccc1.Cl.[Ru+]. The first kappa shape index (κ1) is 16.4. The zero-order valence-corrected chi connectivity index (χ0v) is 12.5. The maximum Gasteiger partial charge on any atom is 1.00 e. The Morgan fingerprint density at radius 1 is 0.824 bits per heavy atom. The van der Waals surface area contributed by atoms with E-state index in [1.165, 1.54) is 11.1 Å². The summed E-state index contributed by atoms with van der Waals surface area (Å²) in [4.78, 5) is 0. The molecule has 0 fully saturated rings. The third-order valence-corrected chi connectivity index (χ3v) is 2.94. The normalized spacial score (nSPS) is 10.0. The summed E-state index contributed by atoms with van der Waals surface area (Å²) in [5.41, 5.74) is 2.74. The van der Waals surface area contributed by atoms with Crippen LogP contribution >= 0.6 is 12.4 Å². The molecular formula is C15H16ClRu. The van der Waals surface area contributed by atoms with Crippen LogP contribution in [-0.2, 0) is 24.9 Å². The first-order valence-corrected chi connectivity index (χ1v) is 5.23. The van der Waals surface area contributed by atoms with Crippen LogP contribution in [0.25, 0.3) is 0 Å². The molecule has 2 heteroatoms. The molecule has 17 heavy (non-hydrogen) atoms. The number of hydrogen-bond donors (Lipinski definition) is 0. The molecule has 2 aromatic carbocycles. The van der Waals surface area contributed by atoms with Crippen LogP contribution in [0.2, 0.25) is 0 Å². The minimum atomic E-state index is 0. The van der Waals surface area contributed by atoms with Crippen molar-refractivity contribution in [2.45, 2.75) is 19.3 Å². The van der Waals surface area contributed by atoms with Gasteiger partial charge >= 0.3 is 19.5 Å². The molecule has 0 saturated heterocycles. The fourth-order valence-corrected chi connectivity index (χ4v) is 1.83. The topological polar surface area (TPSA) is 0 Å². The molecule has 0 aliphatic heterocycles. The summed E-state index contributed by atoms with van der Waals surface area (Å²) in [6, 6.07) is 21.9. The molecule has 0 unspecified atom stereocenters. The summed E-state index contributed by atoms with van der Waals surface area (Å²) in [7, 11) is 0. The average Bonchev–Trinajstić information content (AvgIpc) is 2.31. The Morgan fingerprint density at radius 3 is 1.82 bits per heavy atom. The van der Waals surface area contributed by atoms with Gasteiger partial charge in [-0.15, -0.1) is 18.0 Å². The van der Waals surface area contributed by atoms with Gasteiger partial charge in [0.2, 0.25) is 0 Å². The van der Waals surface area contributed by atoms with Gasteiger partial charge in [0.25, 0.3) is 0 Å². The summed E-state index contributed by atoms with van der Waals surface area (Å²) >= 11 is 0. The first-order valence-electron chi connectivity index (χ1n) is 5.23. The molecule has 0 bridgehead atoms. The van der Waals surface area contributed by atoms with E-state index in [1.807, 2.05) is 12.1 Å². The predicted molar refractivity (Wildman–Crippen MR) is 71.1 cm³/mol. The van der Waals surface area contributed by atoms with E-state index in [0.29, 0.717) is 0 Å². The Morgan fingerprint density at radius 2 is 1.29 bits per heavy atom. The second-order valence-corrected chi connectivity index (χ2v) is 4.28. The van der Waals surface area contributed by atoms with E-state index in [-0.39, 0.29) is 37.3 Å². The molecule has 0 heterocycles. The zero-order valence-electron chi connectivity index (χ0n) is 9.96. The first-order chi connectivity index (χ1) is 7.21. The average molecular weight is 333 g/mol. The molecule has 0 aliphatic carbocycles. The van der Waals surface area contributed by atoms with Crippen molar-refractivity contribution in [3.8, 4) is 0 Å². The fourth-order valence-electron chi connectivity index (χ4n) is 1.83. The molecular weight excluding hydrogens is 317 g/mol. The smallest absolute Gasteiger partial charge is 0.184 e. The number of halogens is 1. The van der Waals surface area contributed by atoms with Crippen molar-refractivity contribution in [1.82, 2.24) is 0 Å². The van der Waals surface area contributed by atoms with Crippen molar-refractivity contribution >= 4 is 12.4 Å². The maximum absolute atomic E-state index is 3.06. The van der Waals surface area contributed by atoms with Crippen molar-refractivity contribution < 1.29 is 19.5 Å². The van der Waals surface area contributed by atoms with Gasteiger partial charge in [0.15, 0.2) is 0 Å².